The Morgan fingerprint density at radius 1 is 1.47 bits per heavy atom. The average molecular weight is 230 g/mol. The van der Waals surface area contributed by atoms with Crippen LogP contribution < -0.4 is 0 Å². The summed E-state index contributed by atoms with van der Waals surface area (Å²) in [6.07, 6.45) is 0. The monoisotopic (exact) mass is 230 g/mol. The Balaban J connectivity index is 2.96. The Labute approximate surface area is 90.2 Å². The molecule has 1 N–H and O–H groups in total. The van der Waals surface area contributed by atoms with Gasteiger partial charge in [0, 0.05) is 6.07 Å². The average Bonchev–Trinajstić information content (AvgIpc) is 2.59. The summed E-state index contributed by atoms with van der Waals surface area (Å²) in [5, 5.41) is 9.37. The second-order valence-corrected chi connectivity index (χ2v) is 3.59. The zero-order chi connectivity index (χ0) is 11.4. The zero-order valence-electron chi connectivity index (χ0n) is 8.27. The minimum atomic E-state index is -0.643. The van der Waals surface area contributed by atoms with Crippen molar-refractivity contribution in [2.75, 3.05) is 13.7 Å². The highest BCUT2D eigenvalue weighted by Crippen LogP contribution is 2.29. The van der Waals surface area contributed by atoms with E-state index in [1.165, 1.54) is 13.2 Å². The summed E-state index contributed by atoms with van der Waals surface area (Å²) in [6.45, 7) is 1.87. The fourth-order valence-electron chi connectivity index (χ4n) is 0.925. The van der Waals surface area contributed by atoms with Crippen molar-refractivity contribution in [3.63, 3.8) is 0 Å². The van der Waals surface area contributed by atoms with Crippen LogP contribution in [0.15, 0.2) is 6.07 Å². The summed E-state index contributed by atoms with van der Waals surface area (Å²) >= 11 is 0.841. The van der Waals surface area contributed by atoms with Crippen LogP contribution in [0.25, 0.3) is 0 Å². The van der Waals surface area contributed by atoms with E-state index < -0.39 is 11.9 Å². The molecule has 0 atom stereocenters. The summed E-state index contributed by atoms with van der Waals surface area (Å²) in [4.78, 5) is 22.5. The highest BCUT2D eigenvalue weighted by atomic mass is 32.1. The molecule has 0 saturated heterocycles. The van der Waals surface area contributed by atoms with Crippen molar-refractivity contribution in [2.45, 2.75) is 6.92 Å². The minimum Gasteiger partial charge on any atom is -0.506 e. The van der Waals surface area contributed by atoms with Gasteiger partial charge >= 0.3 is 11.9 Å². The van der Waals surface area contributed by atoms with Gasteiger partial charge in [-0.3, -0.25) is 0 Å². The van der Waals surface area contributed by atoms with E-state index in [-0.39, 0.29) is 22.1 Å². The summed E-state index contributed by atoms with van der Waals surface area (Å²) < 4.78 is 9.15. The van der Waals surface area contributed by atoms with Gasteiger partial charge < -0.3 is 14.6 Å². The van der Waals surface area contributed by atoms with Crippen LogP contribution in [0.1, 0.15) is 26.3 Å². The number of hydrogen-bond acceptors (Lipinski definition) is 6. The lowest BCUT2D eigenvalue weighted by Crippen LogP contribution is -2.02. The van der Waals surface area contributed by atoms with E-state index >= 15 is 0 Å². The van der Waals surface area contributed by atoms with E-state index in [0.29, 0.717) is 0 Å². The SMILES string of the molecule is CCOC(=O)c1sc(C(=O)OC)cc1O. The van der Waals surface area contributed by atoms with E-state index in [1.807, 2.05) is 0 Å². The van der Waals surface area contributed by atoms with Gasteiger partial charge in [-0.25, -0.2) is 9.59 Å². The van der Waals surface area contributed by atoms with E-state index in [1.54, 1.807) is 6.92 Å². The zero-order valence-corrected chi connectivity index (χ0v) is 9.09. The summed E-state index contributed by atoms with van der Waals surface area (Å²) in [5.74, 6) is -1.50. The summed E-state index contributed by atoms with van der Waals surface area (Å²) in [5.41, 5.74) is 0. The molecule has 15 heavy (non-hydrogen) atoms. The van der Waals surface area contributed by atoms with Crippen molar-refractivity contribution in [3.8, 4) is 5.75 Å². The first-order valence-electron chi connectivity index (χ1n) is 4.18. The molecule has 1 rings (SSSR count). The van der Waals surface area contributed by atoms with Crippen LogP contribution in [0.5, 0.6) is 5.75 Å². The van der Waals surface area contributed by atoms with Crippen LogP contribution in [-0.4, -0.2) is 30.8 Å². The van der Waals surface area contributed by atoms with E-state index in [0.717, 1.165) is 11.3 Å². The third kappa shape index (κ3) is 2.47. The van der Waals surface area contributed by atoms with Gasteiger partial charge in [-0.2, -0.15) is 0 Å². The van der Waals surface area contributed by atoms with Crippen molar-refractivity contribution in [3.05, 3.63) is 15.8 Å². The topological polar surface area (TPSA) is 72.8 Å². The number of esters is 2. The Kier molecular flexibility index (Phi) is 3.68. The van der Waals surface area contributed by atoms with Gasteiger partial charge in [-0.05, 0) is 6.92 Å². The van der Waals surface area contributed by atoms with Crippen LogP contribution in [0.3, 0.4) is 0 Å². The molecule has 82 valence electrons. The molecule has 0 unspecified atom stereocenters. The van der Waals surface area contributed by atoms with Crippen molar-refractivity contribution in [1.29, 1.82) is 0 Å². The van der Waals surface area contributed by atoms with Crippen LogP contribution in [0, 0.1) is 0 Å². The smallest absolute Gasteiger partial charge is 0.352 e. The van der Waals surface area contributed by atoms with Crippen LogP contribution in [0.2, 0.25) is 0 Å². The molecule has 5 nitrogen and oxygen atoms in total. The molecule has 0 radical (unpaired) electrons. The van der Waals surface area contributed by atoms with Gasteiger partial charge in [0.05, 0.1) is 13.7 Å². The van der Waals surface area contributed by atoms with Gasteiger partial charge in [-0.15, -0.1) is 11.3 Å². The molecule has 0 saturated carbocycles. The highest BCUT2D eigenvalue weighted by molar-refractivity contribution is 7.16. The van der Waals surface area contributed by atoms with Crippen LogP contribution in [0.4, 0.5) is 0 Å². The van der Waals surface area contributed by atoms with Crippen molar-refractivity contribution < 1.29 is 24.2 Å². The fourth-order valence-corrected chi connectivity index (χ4v) is 1.79. The number of hydrogen-bond donors (Lipinski definition) is 1. The minimum absolute atomic E-state index is 0.0113. The molecule has 1 heterocycles. The lowest BCUT2D eigenvalue weighted by molar-refractivity contribution is 0.0528. The number of ether oxygens (including phenoxy) is 2. The maximum Gasteiger partial charge on any atom is 0.352 e. The number of carbonyl (C=O) groups is 2. The molecule has 0 aliphatic rings. The predicted molar refractivity (Wildman–Crippen MR) is 53.3 cm³/mol. The third-order valence-corrected chi connectivity index (χ3v) is 2.64. The normalized spacial score (nSPS) is 9.73. The Hall–Kier alpha value is -1.56. The Morgan fingerprint density at radius 2 is 2.13 bits per heavy atom. The second-order valence-electron chi connectivity index (χ2n) is 2.54. The molecule has 1 aromatic heterocycles. The van der Waals surface area contributed by atoms with Gasteiger partial charge in [0.2, 0.25) is 0 Å². The second kappa shape index (κ2) is 4.79. The lowest BCUT2D eigenvalue weighted by atomic mass is 10.4. The lowest BCUT2D eigenvalue weighted by Gasteiger charge is -1.97. The Bertz CT molecular complexity index is 382. The molecule has 6 heteroatoms. The molecule has 0 aliphatic heterocycles. The number of thiophene rings is 1. The number of rotatable bonds is 3. The van der Waals surface area contributed by atoms with E-state index in [9.17, 15) is 14.7 Å². The highest BCUT2D eigenvalue weighted by Gasteiger charge is 2.20. The molecule has 0 spiro atoms. The molecular weight excluding hydrogens is 220 g/mol. The standard InChI is InChI=1S/C9H10O5S/c1-3-14-9(12)7-5(10)4-6(15-7)8(11)13-2/h4,10H,3H2,1-2H3. The number of aromatic hydroxyl groups is 1. The van der Waals surface area contributed by atoms with E-state index in [4.69, 9.17) is 4.74 Å². The van der Waals surface area contributed by atoms with Crippen LogP contribution in [-0.2, 0) is 9.47 Å². The molecule has 0 fully saturated rings. The number of methoxy groups -OCH3 is 1. The van der Waals surface area contributed by atoms with Gasteiger partial charge in [0.1, 0.15) is 10.6 Å². The molecule has 0 aromatic carbocycles. The fraction of sp³-hybridized carbons (Fsp3) is 0.333. The Morgan fingerprint density at radius 3 is 2.67 bits per heavy atom. The molecule has 0 aliphatic carbocycles. The number of carbonyl (C=O) groups excluding carboxylic acids is 2. The van der Waals surface area contributed by atoms with Crippen molar-refractivity contribution >= 4 is 23.3 Å². The van der Waals surface area contributed by atoms with Gasteiger partial charge in [-0.1, -0.05) is 0 Å². The van der Waals surface area contributed by atoms with Crippen molar-refractivity contribution in [2.24, 2.45) is 0 Å². The summed E-state index contributed by atoms with van der Waals surface area (Å²) in [6, 6.07) is 1.18. The van der Waals surface area contributed by atoms with Gasteiger partial charge in [0.15, 0.2) is 4.88 Å². The molecular formula is C9H10O5S. The summed E-state index contributed by atoms with van der Waals surface area (Å²) in [7, 11) is 1.23. The maximum absolute atomic E-state index is 11.3. The maximum atomic E-state index is 11.3. The van der Waals surface area contributed by atoms with Crippen LogP contribution >= 0.6 is 11.3 Å². The van der Waals surface area contributed by atoms with Crippen molar-refractivity contribution in [1.82, 2.24) is 0 Å². The largest absolute Gasteiger partial charge is 0.506 e. The first-order chi connectivity index (χ1) is 7.10. The first-order valence-corrected chi connectivity index (χ1v) is 5.00. The first kappa shape index (κ1) is 11.5. The molecule has 0 amide bonds. The molecule has 1 aromatic rings. The van der Waals surface area contributed by atoms with Gasteiger partial charge in [0.25, 0.3) is 0 Å². The molecule has 0 bridgehead atoms. The third-order valence-electron chi connectivity index (χ3n) is 1.56. The van der Waals surface area contributed by atoms with E-state index in [2.05, 4.69) is 4.74 Å². The predicted octanol–water partition coefficient (Wildman–Crippen LogP) is 1.42. The quantitative estimate of drug-likeness (QED) is 0.795.